The van der Waals surface area contributed by atoms with Gasteiger partial charge >= 0.3 is 0 Å². The van der Waals surface area contributed by atoms with Crippen LogP contribution < -0.4 is 0 Å². The average Bonchev–Trinajstić information content (AvgIpc) is 2.90. The Morgan fingerprint density at radius 1 is 1.09 bits per heavy atom. The highest BCUT2D eigenvalue weighted by atomic mass is 32.2. The van der Waals surface area contributed by atoms with Crippen molar-refractivity contribution in [1.82, 2.24) is 4.98 Å². The normalized spacial score (nSPS) is 11.9. The maximum Gasteiger partial charge on any atom is 0.296 e. The molecule has 0 saturated carbocycles. The largest absolute Gasteiger partial charge is 0.296 e. The highest BCUT2D eigenvalue weighted by Gasteiger charge is 2.12. The van der Waals surface area contributed by atoms with E-state index in [9.17, 15) is 8.42 Å². The number of thiazole rings is 1. The molecule has 0 aliphatic heterocycles. The maximum atomic E-state index is 11.3. The summed E-state index contributed by atoms with van der Waals surface area (Å²) in [5, 5.41) is 0. The molecule has 0 fully saturated rings. The van der Waals surface area contributed by atoms with Crippen molar-refractivity contribution in [3.8, 4) is 0 Å². The van der Waals surface area contributed by atoms with E-state index >= 15 is 0 Å². The van der Waals surface area contributed by atoms with E-state index in [-0.39, 0.29) is 22.0 Å². The van der Waals surface area contributed by atoms with E-state index in [1.807, 2.05) is 18.5 Å². The first kappa shape index (κ1) is 17.6. The molecule has 3 rings (SSSR count). The number of aryl methyl sites for hydroxylation is 2. The van der Waals surface area contributed by atoms with Gasteiger partial charge in [0.25, 0.3) is 10.1 Å². The quantitative estimate of drug-likeness (QED) is 0.524. The first-order chi connectivity index (χ1) is 10.9. The van der Waals surface area contributed by atoms with Crippen molar-refractivity contribution >= 4 is 30.8 Å². The molecule has 2 aromatic carbocycles. The second-order valence-corrected chi connectivity index (χ2v) is 8.31. The number of nitrogens with zero attached hydrogens (tertiary/aromatic N) is 1. The SMILES string of the molecule is CCOS(=O)(=O)c1ccc(C)cc1.C[s+]1cnc2ccccc21. The van der Waals surface area contributed by atoms with Crippen LogP contribution in [0.2, 0.25) is 0 Å². The van der Waals surface area contributed by atoms with Crippen molar-refractivity contribution in [1.29, 1.82) is 0 Å². The summed E-state index contributed by atoms with van der Waals surface area (Å²) in [6, 6.07) is 14.9. The van der Waals surface area contributed by atoms with Crippen molar-refractivity contribution in [2.24, 2.45) is 6.26 Å². The van der Waals surface area contributed by atoms with Crippen LogP contribution in [0.4, 0.5) is 0 Å². The van der Waals surface area contributed by atoms with Crippen LogP contribution >= 0.6 is 10.5 Å². The number of hydrogen-bond donors (Lipinski definition) is 0. The summed E-state index contributed by atoms with van der Waals surface area (Å²) in [7, 11) is -3.27. The van der Waals surface area contributed by atoms with Gasteiger partial charge in [-0.05, 0) is 32.0 Å². The van der Waals surface area contributed by atoms with Crippen LogP contribution in [0.25, 0.3) is 10.2 Å². The van der Waals surface area contributed by atoms with Gasteiger partial charge in [-0.25, -0.2) is 0 Å². The van der Waals surface area contributed by atoms with Gasteiger partial charge in [0.15, 0.2) is 4.70 Å². The first-order valence-corrected chi connectivity index (χ1v) is 10.3. The smallest absolute Gasteiger partial charge is 0.267 e. The minimum Gasteiger partial charge on any atom is -0.267 e. The predicted octanol–water partition coefficient (Wildman–Crippen LogP) is 4.24. The number of benzene rings is 2. The lowest BCUT2D eigenvalue weighted by Crippen LogP contribution is -2.05. The van der Waals surface area contributed by atoms with Crippen LogP contribution in [0, 0.1) is 6.92 Å². The third-order valence-corrected chi connectivity index (χ3v) is 6.00. The molecule has 1 atom stereocenters. The second kappa shape index (κ2) is 7.68. The lowest BCUT2D eigenvalue weighted by Gasteiger charge is -2.02. The zero-order valence-electron chi connectivity index (χ0n) is 13.4. The van der Waals surface area contributed by atoms with E-state index < -0.39 is 10.1 Å². The summed E-state index contributed by atoms with van der Waals surface area (Å²) in [5.41, 5.74) is 4.19. The molecule has 0 aliphatic rings. The van der Waals surface area contributed by atoms with E-state index in [0.717, 1.165) is 11.1 Å². The predicted molar refractivity (Wildman–Crippen MR) is 95.2 cm³/mol. The topological polar surface area (TPSA) is 56.3 Å². The van der Waals surface area contributed by atoms with Crippen LogP contribution in [0.1, 0.15) is 12.5 Å². The molecule has 1 heterocycles. The highest BCUT2D eigenvalue weighted by molar-refractivity contribution is 7.86. The number of hydrogen-bond acceptors (Lipinski definition) is 4. The third kappa shape index (κ3) is 4.60. The van der Waals surface area contributed by atoms with Crippen molar-refractivity contribution in [3.63, 3.8) is 0 Å². The Morgan fingerprint density at radius 3 is 2.35 bits per heavy atom. The number of aromatic nitrogens is 1. The van der Waals surface area contributed by atoms with Crippen LogP contribution in [-0.2, 0) is 20.6 Å². The molecule has 3 aromatic rings. The van der Waals surface area contributed by atoms with Crippen molar-refractivity contribution in [3.05, 3.63) is 59.6 Å². The molecule has 0 N–H and O–H groups in total. The molecule has 0 radical (unpaired) electrons. The lowest BCUT2D eigenvalue weighted by atomic mass is 10.2. The molecule has 1 aromatic heterocycles. The van der Waals surface area contributed by atoms with Gasteiger partial charge in [0.1, 0.15) is 11.8 Å². The summed E-state index contributed by atoms with van der Waals surface area (Å²) in [6.07, 6.45) is 2.19. The summed E-state index contributed by atoms with van der Waals surface area (Å²) >= 11 is 0. The van der Waals surface area contributed by atoms with E-state index in [0.29, 0.717) is 0 Å². The van der Waals surface area contributed by atoms with Gasteiger partial charge in [-0.15, -0.1) is 0 Å². The van der Waals surface area contributed by atoms with Gasteiger partial charge in [0, 0.05) is 16.5 Å². The molecule has 4 nitrogen and oxygen atoms in total. The van der Waals surface area contributed by atoms with Gasteiger partial charge in [0.05, 0.1) is 11.5 Å². The minimum absolute atomic E-state index is 0.163. The Balaban J connectivity index is 0.000000172. The zero-order valence-corrected chi connectivity index (χ0v) is 15.0. The summed E-state index contributed by atoms with van der Waals surface area (Å²) < 4.78 is 28.6. The van der Waals surface area contributed by atoms with Crippen LogP contribution in [-0.4, -0.2) is 20.0 Å². The second-order valence-electron chi connectivity index (χ2n) is 4.93. The standard InChI is InChI=1S/C9H12O3S.C8H8NS/c1-3-12-13(10,11)9-6-4-8(2)5-7-9;1-10-6-9-7-4-2-3-5-8(7)10/h4-7H,3H2,1-2H3;2-6H,1H3/q;+1. The van der Waals surface area contributed by atoms with Crippen LogP contribution in [0.3, 0.4) is 0 Å². The summed E-state index contributed by atoms with van der Waals surface area (Å²) in [5.74, 6) is 0. The molecule has 23 heavy (non-hydrogen) atoms. The molecular weight excluding hydrogens is 330 g/mol. The van der Waals surface area contributed by atoms with Crippen molar-refractivity contribution < 1.29 is 12.6 Å². The van der Waals surface area contributed by atoms with Gasteiger partial charge in [-0.3, -0.25) is 4.18 Å². The van der Waals surface area contributed by atoms with E-state index in [4.69, 9.17) is 0 Å². The van der Waals surface area contributed by atoms with Gasteiger partial charge in [0.2, 0.25) is 5.51 Å². The van der Waals surface area contributed by atoms with Gasteiger partial charge in [-0.2, -0.15) is 13.4 Å². The summed E-state index contributed by atoms with van der Waals surface area (Å²) in [6.45, 7) is 3.71. The van der Waals surface area contributed by atoms with E-state index in [1.165, 1.54) is 4.70 Å². The molecular formula is C17H20NO3S2+. The van der Waals surface area contributed by atoms with Gasteiger partial charge in [-0.1, -0.05) is 29.8 Å². The van der Waals surface area contributed by atoms with Gasteiger partial charge < -0.3 is 0 Å². The van der Waals surface area contributed by atoms with Crippen molar-refractivity contribution in [2.45, 2.75) is 18.7 Å². The Morgan fingerprint density at radius 2 is 1.74 bits per heavy atom. The molecule has 122 valence electrons. The molecule has 0 aliphatic carbocycles. The highest BCUT2D eigenvalue weighted by Crippen LogP contribution is 2.25. The Hall–Kier alpha value is -1.76. The fourth-order valence-corrected chi connectivity index (χ4v) is 4.00. The van der Waals surface area contributed by atoms with E-state index in [1.54, 1.807) is 31.2 Å². The van der Waals surface area contributed by atoms with Crippen molar-refractivity contribution in [2.75, 3.05) is 6.61 Å². The molecule has 0 amide bonds. The fraction of sp³-hybridized carbons (Fsp3) is 0.235. The van der Waals surface area contributed by atoms with E-state index in [2.05, 4.69) is 33.6 Å². The minimum atomic E-state index is -3.53. The Bertz CT molecular complexity index is 868. The Kier molecular flexibility index (Phi) is 5.87. The Labute approximate surface area is 139 Å². The van der Waals surface area contributed by atoms with Crippen LogP contribution in [0.5, 0.6) is 0 Å². The number of rotatable bonds is 3. The molecule has 1 unspecified atom stereocenters. The number of para-hydroxylation sites is 1. The first-order valence-electron chi connectivity index (χ1n) is 7.18. The monoisotopic (exact) mass is 350 g/mol. The van der Waals surface area contributed by atoms with Crippen LogP contribution in [0.15, 0.2) is 58.9 Å². The summed E-state index contributed by atoms with van der Waals surface area (Å²) in [4.78, 5) is 4.48. The molecule has 0 spiro atoms. The fourth-order valence-electron chi connectivity index (χ4n) is 1.96. The molecule has 6 heteroatoms. The lowest BCUT2D eigenvalue weighted by molar-refractivity contribution is 0.338. The molecule has 0 saturated heterocycles. The third-order valence-electron chi connectivity index (χ3n) is 3.14. The average molecular weight is 350 g/mol. The maximum absolute atomic E-state index is 11.3. The number of fused-ring (bicyclic) bond motifs is 1. The zero-order chi connectivity index (χ0) is 16.9. The molecule has 0 bridgehead atoms.